The predicted octanol–water partition coefficient (Wildman–Crippen LogP) is 3.09. The van der Waals surface area contributed by atoms with Crippen LogP contribution in [0.25, 0.3) is 0 Å². The van der Waals surface area contributed by atoms with Gasteiger partial charge in [-0.15, -0.1) is 0 Å². The van der Waals surface area contributed by atoms with E-state index in [1.165, 1.54) is 30.4 Å². The summed E-state index contributed by atoms with van der Waals surface area (Å²) in [6.07, 6.45) is 3.64. The molecule has 0 radical (unpaired) electrons. The summed E-state index contributed by atoms with van der Waals surface area (Å²) in [5.74, 6) is 1.35. The van der Waals surface area contributed by atoms with E-state index in [9.17, 15) is 0 Å². The van der Waals surface area contributed by atoms with Gasteiger partial charge < -0.3 is 5.73 Å². The van der Waals surface area contributed by atoms with E-state index in [1.807, 2.05) is 0 Å². The van der Waals surface area contributed by atoms with Gasteiger partial charge in [-0.1, -0.05) is 38.1 Å². The van der Waals surface area contributed by atoms with Crippen LogP contribution in [0, 0.1) is 5.92 Å². The molecule has 0 amide bonds. The molecule has 2 unspecified atom stereocenters. The van der Waals surface area contributed by atoms with Crippen molar-refractivity contribution in [3.8, 4) is 0 Å². The Labute approximate surface area is 92.7 Å². The van der Waals surface area contributed by atoms with E-state index in [0.717, 1.165) is 5.92 Å². The Kier molecular flexibility index (Phi) is 3.11. The zero-order chi connectivity index (χ0) is 10.8. The van der Waals surface area contributed by atoms with Crippen molar-refractivity contribution >= 4 is 0 Å². The van der Waals surface area contributed by atoms with Gasteiger partial charge in [0.25, 0.3) is 0 Å². The number of hydrogen-bond donors (Lipinski definition) is 1. The Morgan fingerprint density at radius 1 is 1.33 bits per heavy atom. The second kappa shape index (κ2) is 4.36. The number of benzene rings is 1. The smallest absolute Gasteiger partial charge is 0.0108 e. The van der Waals surface area contributed by atoms with Crippen molar-refractivity contribution in [2.24, 2.45) is 11.7 Å². The zero-order valence-electron chi connectivity index (χ0n) is 9.74. The van der Waals surface area contributed by atoms with E-state index >= 15 is 0 Å². The average Bonchev–Trinajstić information content (AvgIpc) is 2.15. The molecule has 1 aliphatic rings. The van der Waals surface area contributed by atoms with Crippen LogP contribution in [0.1, 0.15) is 43.7 Å². The molecule has 1 fully saturated rings. The van der Waals surface area contributed by atoms with Crippen molar-refractivity contribution in [1.82, 2.24) is 0 Å². The van der Waals surface area contributed by atoms with Gasteiger partial charge in [0, 0.05) is 6.04 Å². The van der Waals surface area contributed by atoms with Gasteiger partial charge >= 0.3 is 0 Å². The molecule has 0 bridgehead atoms. The molecule has 1 aromatic carbocycles. The average molecular weight is 203 g/mol. The highest BCUT2D eigenvalue weighted by atomic mass is 14.7. The minimum Gasteiger partial charge on any atom is -0.327 e. The summed E-state index contributed by atoms with van der Waals surface area (Å²) in [5.41, 5.74) is 8.92. The summed E-state index contributed by atoms with van der Waals surface area (Å²) >= 11 is 0. The molecular weight excluding hydrogens is 182 g/mol. The highest BCUT2D eigenvalue weighted by Gasteiger charge is 2.28. The fourth-order valence-electron chi connectivity index (χ4n) is 2.36. The van der Waals surface area contributed by atoms with Crippen LogP contribution in [0.2, 0.25) is 0 Å². The van der Waals surface area contributed by atoms with E-state index in [1.54, 1.807) is 0 Å². The van der Waals surface area contributed by atoms with Crippen molar-refractivity contribution in [2.75, 3.05) is 0 Å². The maximum atomic E-state index is 6.01. The van der Waals surface area contributed by atoms with Gasteiger partial charge in [-0.05, 0) is 42.2 Å². The Hall–Kier alpha value is -0.820. The molecule has 1 nitrogen and oxygen atoms in total. The summed E-state index contributed by atoms with van der Waals surface area (Å²) in [4.78, 5) is 0. The quantitative estimate of drug-likeness (QED) is 0.802. The topological polar surface area (TPSA) is 26.0 Å². The zero-order valence-corrected chi connectivity index (χ0v) is 9.74. The molecule has 82 valence electrons. The third kappa shape index (κ3) is 2.40. The van der Waals surface area contributed by atoms with E-state index in [2.05, 4.69) is 38.1 Å². The third-order valence-electron chi connectivity index (χ3n) is 3.35. The Morgan fingerprint density at radius 2 is 2.13 bits per heavy atom. The first kappa shape index (κ1) is 10.7. The fraction of sp³-hybridized carbons (Fsp3) is 0.571. The highest BCUT2D eigenvalue weighted by molar-refractivity contribution is 5.29. The molecule has 0 saturated heterocycles. The van der Waals surface area contributed by atoms with Crippen LogP contribution in [-0.4, -0.2) is 6.04 Å². The number of nitrogens with two attached hydrogens (primary N) is 1. The second-order valence-electron chi connectivity index (χ2n) is 5.19. The van der Waals surface area contributed by atoms with E-state index in [0.29, 0.717) is 12.0 Å². The van der Waals surface area contributed by atoms with E-state index < -0.39 is 0 Å². The van der Waals surface area contributed by atoms with Crippen molar-refractivity contribution in [3.63, 3.8) is 0 Å². The number of hydrogen-bond acceptors (Lipinski definition) is 1. The van der Waals surface area contributed by atoms with Crippen LogP contribution in [0.5, 0.6) is 0 Å². The molecule has 1 aliphatic carbocycles. The van der Waals surface area contributed by atoms with Gasteiger partial charge in [-0.2, -0.15) is 0 Å². The molecule has 1 saturated carbocycles. The van der Waals surface area contributed by atoms with E-state index in [4.69, 9.17) is 5.73 Å². The molecular formula is C14H21N. The van der Waals surface area contributed by atoms with Crippen LogP contribution in [-0.2, 0) is 6.42 Å². The monoisotopic (exact) mass is 203 g/mol. The van der Waals surface area contributed by atoms with Crippen LogP contribution in [0.15, 0.2) is 24.3 Å². The van der Waals surface area contributed by atoms with Gasteiger partial charge in [0.15, 0.2) is 0 Å². The van der Waals surface area contributed by atoms with E-state index in [-0.39, 0.29) is 0 Å². The minimum absolute atomic E-state index is 0.402. The van der Waals surface area contributed by atoms with Crippen molar-refractivity contribution < 1.29 is 0 Å². The molecule has 0 heterocycles. The predicted molar refractivity (Wildman–Crippen MR) is 64.9 cm³/mol. The summed E-state index contributed by atoms with van der Waals surface area (Å²) < 4.78 is 0. The summed E-state index contributed by atoms with van der Waals surface area (Å²) in [6.45, 7) is 4.53. The molecule has 2 rings (SSSR count). The SMILES string of the molecule is CC(C)Cc1cccc(C2CCC2N)c1. The molecule has 2 N–H and O–H groups in total. The largest absolute Gasteiger partial charge is 0.327 e. The first-order valence-corrected chi connectivity index (χ1v) is 6.01. The first-order valence-electron chi connectivity index (χ1n) is 6.01. The normalized spacial score (nSPS) is 25.3. The molecule has 1 aromatic rings. The van der Waals surface area contributed by atoms with Gasteiger partial charge in [0.1, 0.15) is 0 Å². The lowest BCUT2D eigenvalue weighted by atomic mass is 9.75. The summed E-state index contributed by atoms with van der Waals surface area (Å²) in [7, 11) is 0. The lowest BCUT2D eigenvalue weighted by Gasteiger charge is -2.34. The second-order valence-corrected chi connectivity index (χ2v) is 5.19. The Balaban J connectivity index is 2.12. The Morgan fingerprint density at radius 3 is 2.67 bits per heavy atom. The molecule has 15 heavy (non-hydrogen) atoms. The molecule has 0 aromatic heterocycles. The molecule has 2 atom stereocenters. The molecule has 1 heteroatoms. The molecule has 0 aliphatic heterocycles. The molecule has 0 spiro atoms. The van der Waals surface area contributed by atoms with Crippen molar-refractivity contribution in [1.29, 1.82) is 0 Å². The fourth-order valence-corrected chi connectivity index (χ4v) is 2.36. The van der Waals surface area contributed by atoms with Crippen LogP contribution < -0.4 is 5.73 Å². The van der Waals surface area contributed by atoms with Gasteiger partial charge in [-0.3, -0.25) is 0 Å². The third-order valence-corrected chi connectivity index (χ3v) is 3.35. The maximum absolute atomic E-state index is 6.01. The summed E-state index contributed by atoms with van der Waals surface area (Å²) in [6, 6.07) is 9.39. The lowest BCUT2D eigenvalue weighted by Crippen LogP contribution is -2.37. The number of rotatable bonds is 3. The van der Waals surface area contributed by atoms with Crippen molar-refractivity contribution in [2.45, 2.75) is 45.1 Å². The van der Waals surface area contributed by atoms with Gasteiger partial charge in [-0.25, -0.2) is 0 Å². The minimum atomic E-state index is 0.402. The van der Waals surface area contributed by atoms with Gasteiger partial charge in [0.2, 0.25) is 0 Å². The maximum Gasteiger partial charge on any atom is 0.0108 e. The standard InChI is InChI=1S/C14H21N/c1-10(2)8-11-4-3-5-12(9-11)13-6-7-14(13)15/h3-5,9-10,13-14H,6-8,15H2,1-2H3. The van der Waals surface area contributed by atoms with Crippen LogP contribution in [0.4, 0.5) is 0 Å². The van der Waals surface area contributed by atoms with Gasteiger partial charge in [0.05, 0.1) is 0 Å². The van der Waals surface area contributed by atoms with Crippen LogP contribution in [0.3, 0.4) is 0 Å². The van der Waals surface area contributed by atoms with Crippen LogP contribution >= 0.6 is 0 Å². The Bertz CT molecular complexity index is 330. The summed E-state index contributed by atoms with van der Waals surface area (Å²) in [5, 5.41) is 0. The first-order chi connectivity index (χ1) is 7.16. The lowest BCUT2D eigenvalue weighted by molar-refractivity contribution is 0.346. The highest BCUT2D eigenvalue weighted by Crippen LogP contribution is 2.35. The van der Waals surface area contributed by atoms with Crippen molar-refractivity contribution in [3.05, 3.63) is 35.4 Å².